The van der Waals surface area contributed by atoms with Crippen LogP contribution in [0.15, 0.2) is 36.8 Å². The van der Waals surface area contributed by atoms with Gasteiger partial charge in [-0.15, -0.1) is 11.3 Å². The molecule has 1 saturated heterocycles. The number of nitrogens with two attached hydrogens (primary N) is 1. The van der Waals surface area contributed by atoms with Crippen molar-refractivity contribution in [3.63, 3.8) is 0 Å². The van der Waals surface area contributed by atoms with E-state index in [-0.39, 0.29) is 40.6 Å². The van der Waals surface area contributed by atoms with Crippen LogP contribution in [0.4, 0.5) is 5.69 Å². The number of carbonyl (C=O) groups is 1. The summed E-state index contributed by atoms with van der Waals surface area (Å²) in [4.78, 5) is 28.7. The minimum absolute atomic E-state index is 0.0645. The minimum atomic E-state index is -0.372. The van der Waals surface area contributed by atoms with Crippen molar-refractivity contribution in [2.45, 2.75) is 25.8 Å². The lowest BCUT2D eigenvalue weighted by Crippen LogP contribution is -2.40. The molecule has 1 atom stereocenters. The molecule has 10 nitrogen and oxygen atoms in total. The molecule has 3 aromatic rings. The van der Waals surface area contributed by atoms with Crippen LogP contribution in [-0.4, -0.2) is 52.0 Å². The normalized spacial score (nSPS) is 15.0. The van der Waals surface area contributed by atoms with Crippen molar-refractivity contribution in [1.29, 1.82) is 10.5 Å². The van der Waals surface area contributed by atoms with Gasteiger partial charge in [0.2, 0.25) is 5.88 Å². The number of rotatable bonds is 8. The second-order valence-corrected chi connectivity index (χ2v) is 9.38. The summed E-state index contributed by atoms with van der Waals surface area (Å²) in [6, 6.07) is 9.69. The molecule has 1 aliphatic rings. The number of carbonyl (C=O) groups excluding carboxylic acids is 1. The Bertz CT molecular complexity index is 1290. The van der Waals surface area contributed by atoms with Crippen LogP contribution in [-0.2, 0) is 0 Å². The third-order valence-corrected chi connectivity index (χ3v) is 7.16. The number of amides is 1. The highest BCUT2D eigenvalue weighted by Crippen LogP contribution is 2.33. The zero-order valence-corrected chi connectivity index (χ0v) is 20.7. The maximum Gasteiger partial charge on any atom is 0.255 e. The van der Waals surface area contributed by atoms with Gasteiger partial charge >= 0.3 is 0 Å². The van der Waals surface area contributed by atoms with Gasteiger partial charge < -0.3 is 15.8 Å². The minimum Gasteiger partial charge on any atom is -0.477 e. The molecule has 0 spiro atoms. The molecule has 0 bridgehead atoms. The second-order valence-electron chi connectivity index (χ2n) is 8.31. The molecule has 0 aliphatic carbocycles. The molecule has 4 heterocycles. The smallest absolute Gasteiger partial charge is 0.255 e. The summed E-state index contributed by atoms with van der Waals surface area (Å²) in [7, 11) is 0. The first-order valence-electron chi connectivity index (χ1n) is 11.7. The number of nitriles is 2. The van der Waals surface area contributed by atoms with Crippen LogP contribution in [0.25, 0.3) is 10.7 Å². The molecule has 1 unspecified atom stereocenters. The molecular weight excluding hydrogens is 476 g/mol. The lowest BCUT2D eigenvalue weighted by molar-refractivity contribution is 0.0932. The summed E-state index contributed by atoms with van der Waals surface area (Å²) >= 11 is 1.49. The number of thiazole rings is 1. The molecular formula is C25H26N8O2S. The summed E-state index contributed by atoms with van der Waals surface area (Å²) in [6.07, 6.45) is 6.51. The van der Waals surface area contributed by atoms with Crippen molar-refractivity contribution in [3.05, 3.63) is 52.8 Å². The fraction of sp³-hybridized carbons (Fsp3) is 0.360. The lowest BCUT2D eigenvalue weighted by atomic mass is 9.95. The molecule has 36 heavy (non-hydrogen) atoms. The Morgan fingerprint density at radius 3 is 2.75 bits per heavy atom. The van der Waals surface area contributed by atoms with Gasteiger partial charge in [0.05, 0.1) is 34.5 Å². The van der Waals surface area contributed by atoms with Crippen LogP contribution in [0.2, 0.25) is 0 Å². The zero-order valence-electron chi connectivity index (χ0n) is 19.8. The highest BCUT2D eigenvalue weighted by Gasteiger charge is 2.28. The van der Waals surface area contributed by atoms with E-state index in [1.165, 1.54) is 17.5 Å². The third-order valence-electron chi connectivity index (χ3n) is 6.09. The van der Waals surface area contributed by atoms with Crippen LogP contribution >= 0.6 is 11.3 Å². The van der Waals surface area contributed by atoms with E-state index in [0.29, 0.717) is 13.2 Å². The van der Waals surface area contributed by atoms with E-state index in [2.05, 4.69) is 31.2 Å². The molecule has 0 radical (unpaired) electrons. The number of likely N-dealkylation sites (tertiary alicyclic amines) is 1. The predicted octanol–water partition coefficient (Wildman–Crippen LogP) is 3.16. The average Bonchev–Trinajstić information content (AvgIpc) is 3.39. The fourth-order valence-corrected chi connectivity index (χ4v) is 5.11. The summed E-state index contributed by atoms with van der Waals surface area (Å²) in [5.74, 6) is 0.0209. The highest BCUT2D eigenvalue weighted by atomic mass is 32.1. The summed E-state index contributed by atoms with van der Waals surface area (Å²) in [6.45, 7) is 4.07. The Hall–Kier alpha value is -4.06. The maximum absolute atomic E-state index is 12.7. The van der Waals surface area contributed by atoms with Gasteiger partial charge in [-0.05, 0) is 37.8 Å². The van der Waals surface area contributed by atoms with Crippen molar-refractivity contribution in [1.82, 2.24) is 25.2 Å². The number of hydrogen-bond acceptors (Lipinski definition) is 10. The maximum atomic E-state index is 12.7. The van der Waals surface area contributed by atoms with Crippen LogP contribution in [0.1, 0.15) is 46.6 Å². The summed E-state index contributed by atoms with van der Waals surface area (Å²) in [5.41, 5.74) is 7.13. The molecule has 184 valence electrons. The predicted molar refractivity (Wildman–Crippen MR) is 135 cm³/mol. The van der Waals surface area contributed by atoms with E-state index in [0.717, 1.165) is 41.5 Å². The number of pyridine rings is 2. The van der Waals surface area contributed by atoms with Gasteiger partial charge in [0, 0.05) is 38.2 Å². The van der Waals surface area contributed by atoms with E-state index in [4.69, 9.17) is 10.5 Å². The third kappa shape index (κ3) is 5.43. The van der Waals surface area contributed by atoms with E-state index < -0.39 is 0 Å². The number of anilines is 1. The Morgan fingerprint density at radius 2 is 2.08 bits per heavy atom. The Labute approximate surface area is 213 Å². The van der Waals surface area contributed by atoms with Crippen molar-refractivity contribution in [2.24, 2.45) is 5.92 Å². The van der Waals surface area contributed by atoms with Crippen molar-refractivity contribution < 1.29 is 9.53 Å². The second kappa shape index (κ2) is 11.6. The molecule has 11 heteroatoms. The number of ether oxygens (including phenoxy) is 1. The van der Waals surface area contributed by atoms with E-state index in [9.17, 15) is 15.3 Å². The van der Waals surface area contributed by atoms with Gasteiger partial charge in [-0.3, -0.25) is 14.7 Å². The van der Waals surface area contributed by atoms with Gasteiger partial charge in [-0.1, -0.05) is 6.07 Å². The zero-order chi connectivity index (χ0) is 25.5. The number of hydrogen-bond donors (Lipinski definition) is 2. The molecule has 0 aromatic carbocycles. The monoisotopic (exact) mass is 502 g/mol. The molecule has 1 fully saturated rings. The standard InChI is InChI=1S/C25H26N8O2S/c1-2-35-24-17(11-26)22(28)18(14-31-24)23(34)30-13-16-6-9-33(10-7-16)20(12-27)21-15-32-25(36-21)19-5-3-4-8-29-19/h3-5,8,14-16,20H,2,6-7,9-10,13H2,1H3,(H2,28,31)(H,30,34). The van der Waals surface area contributed by atoms with Gasteiger partial charge in [-0.2, -0.15) is 10.5 Å². The topological polar surface area (TPSA) is 154 Å². The van der Waals surface area contributed by atoms with Gasteiger partial charge in [0.1, 0.15) is 22.7 Å². The Morgan fingerprint density at radius 1 is 1.28 bits per heavy atom. The van der Waals surface area contributed by atoms with E-state index in [1.807, 2.05) is 24.3 Å². The SMILES string of the molecule is CCOc1ncc(C(=O)NCC2CCN(C(C#N)c3cnc(-c4ccccn4)s3)CC2)c(N)c1C#N. The van der Waals surface area contributed by atoms with E-state index in [1.54, 1.807) is 19.3 Å². The number of nitrogens with one attached hydrogen (secondary N) is 1. The van der Waals surface area contributed by atoms with Crippen molar-refractivity contribution in [3.8, 4) is 28.7 Å². The van der Waals surface area contributed by atoms with Crippen LogP contribution < -0.4 is 15.8 Å². The van der Waals surface area contributed by atoms with Crippen LogP contribution in [0.5, 0.6) is 5.88 Å². The summed E-state index contributed by atoms with van der Waals surface area (Å²) in [5, 5.41) is 23.0. The first-order chi connectivity index (χ1) is 17.5. The fourth-order valence-electron chi connectivity index (χ4n) is 4.14. The lowest BCUT2D eigenvalue weighted by Gasteiger charge is -2.34. The molecule has 1 amide bonds. The number of piperidine rings is 1. The van der Waals surface area contributed by atoms with Crippen molar-refractivity contribution in [2.75, 3.05) is 32.0 Å². The highest BCUT2D eigenvalue weighted by molar-refractivity contribution is 7.15. The molecule has 4 rings (SSSR count). The molecule has 3 N–H and O–H groups in total. The Kier molecular flexibility index (Phi) is 8.06. The first-order valence-corrected chi connectivity index (χ1v) is 12.5. The largest absolute Gasteiger partial charge is 0.477 e. The first kappa shape index (κ1) is 25.0. The van der Waals surface area contributed by atoms with Gasteiger partial charge in [0.25, 0.3) is 5.91 Å². The van der Waals surface area contributed by atoms with Gasteiger partial charge in [0.15, 0.2) is 0 Å². The average molecular weight is 503 g/mol. The number of nitrogens with zero attached hydrogens (tertiary/aromatic N) is 6. The van der Waals surface area contributed by atoms with Crippen LogP contribution in [0.3, 0.4) is 0 Å². The molecule has 3 aromatic heterocycles. The van der Waals surface area contributed by atoms with E-state index >= 15 is 0 Å². The molecule has 1 aliphatic heterocycles. The molecule has 0 saturated carbocycles. The number of aromatic nitrogens is 3. The van der Waals surface area contributed by atoms with Crippen molar-refractivity contribution >= 4 is 22.9 Å². The Balaban J connectivity index is 1.32. The summed E-state index contributed by atoms with van der Waals surface area (Å²) < 4.78 is 5.31. The number of nitrogen functional groups attached to an aromatic ring is 1. The quantitative estimate of drug-likeness (QED) is 0.472. The van der Waals surface area contributed by atoms with Crippen LogP contribution in [0, 0.1) is 28.6 Å². The van der Waals surface area contributed by atoms with Gasteiger partial charge in [-0.25, -0.2) is 9.97 Å².